The Labute approximate surface area is 195 Å². The van der Waals surface area contributed by atoms with Crippen LogP contribution in [0.4, 0.5) is 21.0 Å². The largest absolute Gasteiger partial charge is 0.370 e. The van der Waals surface area contributed by atoms with Crippen LogP contribution >= 0.6 is 11.3 Å². The number of nitriles is 1. The van der Waals surface area contributed by atoms with E-state index in [1.165, 1.54) is 42.7 Å². The van der Waals surface area contributed by atoms with E-state index in [1.54, 1.807) is 12.1 Å². The number of rotatable bonds is 5. The summed E-state index contributed by atoms with van der Waals surface area (Å²) in [6, 6.07) is 10.5. The first-order chi connectivity index (χ1) is 16.1. The lowest BCUT2D eigenvalue weighted by Crippen LogP contribution is -2.29. The van der Waals surface area contributed by atoms with Crippen LogP contribution in [0.3, 0.4) is 0 Å². The van der Waals surface area contributed by atoms with E-state index in [0.717, 1.165) is 30.0 Å². The van der Waals surface area contributed by atoms with E-state index in [-0.39, 0.29) is 5.82 Å². The number of hydrogen-bond donors (Lipinski definition) is 0. The van der Waals surface area contributed by atoms with E-state index in [1.807, 2.05) is 29.7 Å². The molecule has 1 aromatic carbocycles. The Morgan fingerprint density at radius 3 is 2.64 bits per heavy atom. The lowest BCUT2D eigenvalue weighted by molar-refractivity contribution is 0.577. The number of halogens is 1. The maximum absolute atomic E-state index is 13.4. The Bertz CT molecular complexity index is 1330. The first-order valence-corrected chi connectivity index (χ1v) is 11.9. The van der Waals surface area contributed by atoms with Crippen LogP contribution in [0.2, 0.25) is 0 Å². The Balaban J connectivity index is 1.58. The van der Waals surface area contributed by atoms with Gasteiger partial charge in [0.25, 0.3) is 0 Å². The van der Waals surface area contributed by atoms with Crippen LogP contribution in [-0.2, 0) is 6.54 Å². The van der Waals surface area contributed by atoms with Crippen molar-refractivity contribution in [2.24, 2.45) is 0 Å². The molecule has 0 saturated carbocycles. The molecule has 0 aliphatic carbocycles. The molecule has 4 aromatic rings. The van der Waals surface area contributed by atoms with E-state index in [9.17, 15) is 9.65 Å². The predicted molar refractivity (Wildman–Crippen MR) is 130 cm³/mol. The van der Waals surface area contributed by atoms with Gasteiger partial charge in [0.15, 0.2) is 10.8 Å². The second kappa shape index (κ2) is 8.79. The second-order valence-corrected chi connectivity index (χ2v) is 9.08. The average molecular weight is 462 g/mol. The Kier molecular flexibility index (Phi) is 5.68. The van der Waals surface area contributed by atoms with E-state index in [4.69, 9.17) is 10.1 Å². The third-order valence-electron chi connectivity index (χ3n) is 6.01. The normalized spacial score (nSPS) is 13.9. The summed E-state index contributed by atoms with van der Waals surface area (Å²) in [4.78, 5) is 14.3. The van der Waals surface area contributed by atoms with E-state index in [0.29, 0.717) is 33.5 Å². The highest BCUT2D eigenvalue weighted by Gasteiger charge is 2.23. The minimum Gasteiger partial charge on any atom is -0.370 e. The van der Waals surface area contributed by atoms with Gasteiger partial charge in [-0.25, -0.2) is 19.0 Å². The molecule has 0 N–H and O–H groups in total. The molecule has 0 bridgehead atoms. The SMILES string of the molecule is CCn1nc2ncc(N3CCCCC3)cc2c1N(C)c1nc(-c2ccc(F)cc2)c(C#N)s1. The zero-order chi connectivity index (χ0) is 22.9. The number of aryl methyl sites for hydroxylation is 1. The summed E-state index contributed by atoms with van der Waals surface area (Å²) in [5.74, 6) is 0.572. The molecule has 4 heterocycles. The summed E-state index contributed by atoms with van der Waals surface area (Å²) in [5, 5.41) is 16.0. The molecule has 168 valence electrons. The number of aromatic nitrogens is 4. The number of anilines is 3. The van der Waals surface area contributed by atoms with Crippen LogP contribution in [0, 0.1) is 17.1 Å². The number of piperidine rings is 1. The maximum Gasteiger partial charge on any atom is 0.192 e. The molecule has 0 atom stereocenters. The molecule has 1 aliphatic heterocycles. The number of thiazole rings is 1. The van der Waals surface area contributed by atoms with Gasteiger partial charge >= 0.3 is 0 Å². The first-order valence-electron chi connectivity index (χ1n) is 11.1. The summed E-state index contributed by atoms with van der Waals surface area (Å²) in [6.45, 7) is 4.80. The number of pyridine rings is 1. The maximum atomic E-state index is 13.4. The number of hydrogen-bond acceptors (Lipinski definition) is 7. The number of benzene rings is 1. The molecule has 33 heavy (non-hydrogen) atoms. The van der Waals surface area contributed by atoms with Crippen molar-refractivity contribution >= 4 is 39.0 Å². The lowest BCUT2D eigenvalue weighted by atomic mass is 10.1. The van der Waals surface area contributed by atoms with Gasteiger partial charge in [-0.05, 0) is 56.5 Å². The zero-order valence-corrected chi connectivity index (χ0v) is 19.4. The third kappa shape index (κ3) is 3.91. The minimum atomic E-state index is -0.319. The standard InChI is InChI=1S/C24H24FN7S/c1-3-32-23(19-13-18(15-27-22(19)29-32)31-11-5-4-6-12-31)30(2)24-28-21(20(14-26)33-24)16-7-9-17(25)10-8-16/h7-10,13,15H,3-6,11-12H2,1-2H3. The first kappa shape index (κ1) is 21.3. The monoisotopic (exact) mass is 461 g/mol. The Morgan fingerprint density at radius 2 is 1.94 bits per heavy atom. The van der Waals surface area contributed by atoms with Gasteiger partial charge in [0.1, 0.15) is 28.3 Å². The van der Waals surface area contributed by atoms with Crippen molar-refractivity contribution in [1.29, 1.82) is 5.26 Å². The average Bonchev–Trinajstić information content (AvgIpc) is 3.46. The molecule has 0 radical (unpaired) electrons. The van der Waals surface area contributed by atoms with Crippen molar-refractivity contribution in [2.75, 3.05) is 29.9 Å². The van der Waals surface area contributed by atoms with Gasteiger partial charge in [0.05, 0.1) is 17.3 Å². The van der Waals surface area contributed by atoms with Gasteiger partial charge in [-0.1, -0.05) is 11.3 Å². The fourth-order valence-electron chi connectivity index (χ4n) is 4.31. The topological polar surface area (TPSA) is 73.9 Å². The molecular formula is C24H24FN7S. The van der Waals surface area contributed by atoms with Crippen molar-refractivity contribution < 1.29 is 4.39 Å². The minimum absolute atomic E-state index is 0.319. The van der Waals surface area contributed by atoms with Gasteiger partial charge in [0, 0.05) is 32.2 Å². The summed E-state index contributed by atoms with van der Waals surface area (Å²) >= 11 is 1.31. The summed E-state index contributed by atoms with van der Waals surface area (Å²) < 4.78 is 15.3. The molecule has 1 aliphatic rings. The van der Waals surface area contributed by atoms with Crippen molar-refractivity contribution in [1.82, 2.24) is 19.7 Å². The third-order valence-corrected chi connectivity index (χ3v) is 7.05. The fraction of sp³-hybridized carbons (Fsp3) is 0.333. The van der Waals surface area contributed by atoms with Crippen LogP contribution in [0.1, 0.15) is 31.1 Å². The van der Waals surface area contributed by atoms with Gasteiger partial charge in [-0.3, -0.25) is 0 Å². The quantitative estimate of drug-likeness (QED) is 0.399. The number of fused-ring (bicyclic) bond motifs is 1. The van der Waals surface area contributed by atoms with Gasteiger partial charge in [-0.2, -0.15) is 10.4 Å². The molecule has 0 spiro atoms. The smallest absolute Gasteiger partial charge is 0.192 e. The molecule has 7 nitrogen and oxygen atoms in total. The number of nitrogens with zero attached hydrogens (tertiary/aromatic N) is 7. The van der Waals surface area contributed by atoms with Crippen molar-refractivity contribution in [3.05, 3.63) is 47.2 Å². The molecule has 1 saturated heterocycles. The van der Waals surface area contributed by atoms with Gasteiger partial charge in [-0.15, -0.1) is 0 Å². The molecule has 0 unspecified atom stereocenters. The van der Waals surface area contributed by atoms with Crippen molar-refractivity contribution in [3.63, 3.8) is 0 Å². The van der Waals surface area contributed by atoms with Gasteiger partial charge < -0.3 is 9.80 Å². The van der Waals surface area contributed by atoms with E-state index in [2.05, 4.69) is 22.0 Å². The predicted octanol–water partition coefficient (Wildman–Crippen LogP) is 5.34. The molecule has 1 fully saturated rings. The van der Waals surface area contributed by atoms with Crippen LogP contribution in [-0.4, -0.2) is 39.9 Å². The molecule has 3 aromatic heterocycles. The lowest BCUT2D eigenvalue weighted by Gasteiger charge is -2.28. The second-order valence-electron chi connectivity index (χ2n) is 8.10. The van der Waals surface area contributed by atoms with Crippen molar-refractivity contribution in [3.8, 4) is 17.3 Å². The Hall–Kier alpha value is -3.51. The Morgan fingerprint density at radius 1 is 1.18 bits per heavy atom. The highest BCUT2D eigenvalue weighted by atomic mass is 32.1. The summed E-state index contributed by atoms with van der Waals surface area (Å²) in [7, 11) is 1.94. The highest BCUT2D eigenvalue weighted by Crippen LogP contribution is 2.38. The summed E-state index contributed by atoms with van der Waals surface area (Å²) in [5.41, 5.74) is 3.07. The van der Waals surface area contributed by atoms with Gasteiger partial charge in [0.2, 0.25) is 0 Å². The van der Waals surface area contributed by atoms with Crippen molar-refractivity contribution in [2.45, 2.75) is 32.7 Å². The van der Waals surface area contributed by atoms with Crippen LogP contribution < -0.4 is 9.80 Å². The molecule has 0 amide bonds. The van der Waals surface area contributed by atoms with E-state index >= 15 is 0 Å². The zero-order valence-electron chi connectivity index (χ0n) is 18.6. The molecular weight excluding hydrogens is 437 g/mol. The van der Waals surface area contributed by atoms with Crippen LogP contribution in [0.15, 0.2) is 36.5 Å². The highest BCUT2D eigenvalue weighted by molar-refractivity contribution is 7.16. The molecule has 9 heteroatoms. The van der Waals surface area contributed by atoms with E-state index < -0.39 is 0 Å². The van der Waals surface area contributed by atoms with Crippen LogP contribution in [0.25, 0.3) is 22.3 Å². The summed E-state index contributed by atoms with van der Waals surface area (Å²) in [6.07, 6.45) is 5.58. The van der Waals surface area contributed by atoms with Crippen LogP contribution in [0.5, 0.6) is 0 Å². The fourth-order valence-corrected chi connectivity index (χ4v) is 5.16. The molecule has 5 rings (SSSR count).